The van der Waals surface area contributed by atoms with Gasteiger partial charge in [-0.3, -0.25) is 0 Å². The van der Waals surface area contributed by atoms with Gasteiger partial charge in [-0.25, -0.2) is 17.5 Å². The van der Waals surface area contributed by atoms with Crippen molar-refractivity contribution in [3.05, 3.63) is 24.0 Å². The van der Waals surface area contributed by atoms with Crippen molar-refractivity contribution in [2.24, 2.45) is 0 Å². The Morgan fingerprint density at radius 2 is 2.15 bits per heavy atom. The van der Waals surface area contributed by atoms with Crippen LogP contribution in [0.1, 0.15) is 19.8 Å². The van der Waals surface area contributed by atoms with Gasteiger partial charge in [0, 0.05) is 12.1 Å². The number of piperidine rings is 1. The van der Waals surface area contributed by atoms with Crippen molar-refractivity contribution in [3.8, 4) is 0 Å². The fourth-order valence-electron chi connectivity index (χ4n) is 2.44. The maximum Gasteiger partial charge on any atom is 0.242 e. The summed E-state index contributed by atoms with van der Waals surface area (Å²) in [7, 11) is -1.69. The number of hydrogen-bond donors (Lipinski definition) is 2. The van der Waals surface area contributed by atoms with Crippen LogP contribution in [0.2, 0.25) is 0 Å². The number of halogens is 1. The van der Waals surface area contributed by atoms with Crippen molar-refractivity contribution in [1.82, 2.24) is 9.62 Å². The van der Waals surface area contributed by atoms with E-state index >= 15 is 0 Å². The van der Waals surface area contributed by atoms with Gasteiger partial charge in [0.05, 0.1) is 5.69 Å². The number of nitrogens with two attached hydrogens (primary N) is 1. The third-order valence-electron chi connectivity index (χ3n) is 3.79. The number of rotatable bonds is 3. The summed E-state index contributed by atoms with van der Waals surface area (Å²) in [6.45, 7) is 2.90. The number of likely N-dealkylation sites (tertiary alicyclic amines) is 1. The Bertz CT molecular complexity index is 591. The number of nitrogen functional groups attached to an aromatic ring is 1. The second-order valence-electron chi connectivity index (χ2n) is 5.35. The number of nitrogens with zero attached hydrogens (tertiary/aromatic N) is 1. The van der Waals surface area contributed by atoms with Crippen molar-refractivity contribution in [3.63, 3.8) is 0 Å². The van der Waals surface area contributed by atoms with Crippen LogP contribution in [-0.4, -0.2) is 39.0 Å². The summed E-state index contributed by atoms with van der Waals surface area (Å²) < 4.78 is 40.2. The second-order valence-corrected chi connectivity index (χ2v) is 7.04. The zero-order valence-corrected chi connectivity index (χ0v) is 12.5. The molecular weight excluding hydrogens is 281 g/mol. The molecule has 1 fully saturated rings. The summed E-state index contributed by atoms with van der Waals surface area (Å²) in [4.78, 5) is 2.13. The Labute approximate surface area is 119 Å². The first kappa shape index (κ1) is 15.2. The summed E-state index contributed by atoms with van der Waals surface area (Å²) in [6, 6.07) is 3.53. The number of nitrogens with one attached hydrogen (secondary N) is 1. The molecule has 2 unspecified atom stereocenters. The van der Waals surface area contributed by atoms with E-state index in [-0.39, 0.29) is 16.6 Å². The molecule has 2 atom stereocenters. The van der Waals surface area contributed by atoms with Crippen LogP contribution in [0, 0.1) is 5.82 Å². The lowest BCUT2D eigenvalue weighted by Crippen LogP contribution is -2.47. The van der Waals surface area contributed by atoms with Gasteiger partial charge in [-0.05, 0) is 51.6 Å². The van der Waals surface area contributed by atoms with Crippen molar-refractivity contribution in [1.29, 1.82) is 0 Å². The van der Waals surface area contributed by atoms with Crippen LogP contribution in [0.5, 0.6) is 0 Å². The molecule has 1 aliphatic rings. The molecule has 1 heterocycles. The van der Waals surface area contributed by atoms with Gasteiger partial charge in [0.25, 0.3) is 0 Å². The van der Waals surface area contributed by atoms with Gasteiger partial charge in [-0.15, -0.1) is 0 Å². The Morgan fingerprint density at radius 3 is 2.75 bits per heavy atom. The molecule has 2 rings (SSSR count). The third kappa shape index (κ3) is 3.28. The van der Waals surface area contributed by atoms with Crippen molar-refractivity contribution in [2.75, 3.05) is 19.3 Å². The van der Waals surface area contributed by atoms with E-state index in [1.165, 1.54) is 6.07 Å². The molecule has 5 nitrogen and oxygen atoms in total. The number of anilines is 1. The monoisotopic (exact) mass is 301 g/mol. The molecule has 0 amide bonds. The summed E-state index contributed by atoms with van der Waals surface area (Å²) in [5.41, 5.74) is 5.52. The normalized spacial score (nSPS) is 24.8. The van der Waals surface area contributed by atoms with Crippen LogP contribution in [0.3, 0.4) is 0 Å². The third-order valence-corrected chi connectivity index (χ3v) is 5.39. The second kappa shape index (κ2) is 5.67. The Kier molecular flexibility index (Phi) is 4.31. The Morgan fingerprint density at radius 1 is 1.45 bits per heavy atom. The highest BCUT2D eigenvalue weighted by molar-refractivity contribution is 7.89. The molecule has 0 spiro atoms. The average Bonchev–Trinajstić information content (AvgIpc) is 2.33. The fourth-order valence-corrected chi connectivity index (χ4v) is 3.84. The van der Waals surface area contributed by atoms with E-state index < -0.39 is 15.8 Å². The van der Waals surface area contributed by atoms with Gasteiger partial charge in [0.1, 0.15) is 10.7 Å². The SMILES string of the molecule is CC1CC(NS(=O)(=O)c2ccc(F)cc2N)CCN1C. The lowest BCUT2D eigenvalue weighted by Gasteiger charge is -2.35. The molecule has 112 valence electrons. The van der Waals surface area contributed by atoms with E-state index in [1.807, 2.05) is 7.05 Å². The standard InChI is InChI=1S/C13H20FN3O2S/c1-9-7-11(5-6-17(9)2)16-20(18,19)13-4-3-10(14)8-12(13)15/h3-4,8-9,11,16H,5-7,15H2,1-2H3. The predicted octanol–water partition coefficient (Wildman–Crippen LogP) is 1.17. The number of sulfonamides is 1. The Hall–Kier alpha value is -1.18. The minimum Gasteiger partial charge on any atom is -0.398 e. The van der Waals surface area contributed by atoms with E-state index in [9.17, 15) is 12.8 Å². The molecule has 0 aliphatic carbocycles. The molecule has 1 aromatic carbocycles. The van der Waals surface area contributed by atoms with E-state index in [2.05, 4.69) is 16.5 Å². The highest BCUT2D eigenvalue weighted by Gasteiger charge is 2.28. The van der Waals surface area contributed by atoms with Gasteiger partial charge in [-0.1, -0.05) is 0 Å². The number of hydrogen-bond acceptors (Lipinski definition) is 4. The number of benzene rings is 1. The van der Waals surface area contributed by atoms with Gasteiger partial charge >= 0.3 is 0 Å². The highest BCUT2D eigenvalue weighted by atomic mass is 32.2. The van der Waals surface area contributed by atoms with E-state index in [0.29, 0.717) is 6.04 Å². The van der Waals surface area contributed by atoms with Gasteiger partial charge in [0.2, 0.25) is 10.0 Å². The molecule has 0 saturated carbocycles. The molecule has 20 heavy (non-hydrogen) atoms. The maximum absolute atomic E-state index is 13.0. The molecular formula is C13H20FN3O2S. The molecule has 0 aromatic heterocycles. The van der Waals surface area contributed by atoms with E-state index in [4.69, 9.17) is 5.73 Å². The molecule has 7 heteroatoms. The van der Waals surface area contributed by atoms with E-state index in [1.54, 1.807) is 0 Å². The first-order chi connectivity index (χ1) is 9.29. The maximum atomic E-state index is 13.0. The first-order valence-corrected chi connectivity index (χ1v) is 8.05. The lowest BCUT2D eigenvalue weighted by molar-refractivity contribution is 0.178. The van der Waals surface area contributed by atoms with Gasteiger partial charge < -0.3 is 10.6 Å². The molecule has 0 radical (unpaired) electrons. The molecule has 1 aromatic rings. The largest absolute Gasteiger partial charge is 0.398 e. The molecule has 1 aliphatic heterocycles. The average molecular weight is 301 g/mol. The Balaban J connectivity index is 2.15. The predicted molar refractivity (Wildman–Crippen MR) is 76.2 cm³/mol. The van der Waals surface area contributed by atoms with Crippen LogP contribution in [0.15, 0.2) is 23.1 Å². The van der Waals surface area contributed by atoms with Crippen molar-refractivity contribution < 1.29 is 12.8 Å². The topological polar surface area (TPSA) is 75.4 Å². The molecule has 1 saturated heterocycles. The quantitative estimate of drug-likeness (QED) is 0.822. The van der Waals surface area contributed by atoms with Gasteiger partial charge in [0.15, 0.2) is 0 Å². The smallest absolute Gasteiger partial charge is 0.242 e. The summed E-state index contributed by atoms with van der Waals surface area (Å²) in [5.74, 6) is -0.547. The highest BCUT2D eigenvalue weighted by Crippen LogP contribution is 2.22. The van der Waals surface area contributed by atoms with Gasteiger partial charge in [-0.2, -0.15) is 0 Å². The zero-order chi connectivity index (χ0) is 14.9. The van der Waals surface area contributed by atoms with Crippen LogP contribution in [0.4, 0.5) is 10.1 Å². The lowest BCUT2D eigenvalue weighted by atomic mass is 10.0. The zero-order valence-electron chi connectivity index (χ0n) is 11.6. The minimum absolute atomic E-state index is 0.0644. The minimum atomic E-state index is -3.71. The molecule has 3 N–H and O–H groups in total. The summed E-state index contributed by atoms with van der Waals surface area (Å²) >= 11 is 0. The van der Waals surface area contributed by atoms with Crippen LogP contribution in [-0.2, 0) is 10.0 Å². The van der Waals surface area contributed by atoms with E-state index in [0.717, 1.165) is 31.5 Å². The summed E-state index contributed by atoms with van der Waals surface area (Å²) in [5, 5.41) is 0. The molecule has 0 bridgehead atoms. The first-order valence-electron chi connectivity index (χ1n) is 6.57. The van der Waals surface area contributed by atoms with Crippen LogP contribution < -0.4 is 10.5 Å². The van der Waals surface area contributed by atoms with Crippen molar-refractivity contribution >= 4 is 15.7 Å². The van der Waals surface area contributed by atoms with Crippen LogP contribution in [0.25, 0.3) is 0 Å². The fraction of sp³-hybridized carbons (Fsp3) is 0.538. The van der Waals surface area contributed by atoms with Crippen LogP contribution >= 0.6 is 0 Å². The summed E-state index contributed by atoms with van der Waals surface area (Å²) in [6.07, 6.45) is 1.50. The van der Waals surface area contributed by atoms with Crippen molar-refractivity contribution in [2.45, 2.75) is 36.7 Å².